The zero-order valence-electron chi connectivity index (χ0n) is 9.97. The van der Waals surface area contributed by atoms with Gasteiger partial charge in [-0.1, -0.05) is 24.6 Å². The van der Waals surface area contributed by atoms with Crippen LogP contribution in [0, 0.1) is 5.92 Å². The molecule has 1 saturated heterocycles. The highest BCUT2D eigenvalue weighted by Gasteiger charge is 2.40. The molecule has 0 radical (unpaired) electrons. The SMILES string of the molecule is CC1C=C(C(F)(F)F)C(Cl)=NC1N1CCNCC1. The summed E-state index contributed by atoms with van der Waals surface area (Å²) in [7, 11) is 0. The number of rotatable bonds is 1. The lowest BCUT2D eigenvalue weighted by Crippen LogP contribution is -2.50. The van der Waals surface area contributed by atoms with Gasteiger partial charge in [0.25, 0.3) is 0 Å². The third-order valence-electron chi connectivity index (χ3n) is 3.20. The summed E-state index contributed by atoms with van der Waals surface area (Å²) in [5, 5.41) is 2.77. The Morgan fingerprint density at radius 3 is 2.56 bits per heavy atom. The van der Waals surface area contributed by atoms with E-state index in [4.69, 9.17) is 11.6 Å². The molecule has 0 saturated carbocycles. The molecule has 0 aromatic heterocycles. The van der Waals surface area contributed by atoms with Gasteiger partial charge in [-0.05, 0) is 0 Å². The quantitative estimate of drug-likeness (QED) is 0.796. The number of aliphatic imine (C=N–C) groups is 1. The Kier molecular flexibility index (Phi) is 3.99. The molecule has 2 aliphatic heterocycles. The highest BCUT2D eigenvalue weighted by Crippen LogP contribution is 2.34. The number of nitrogens with zero attached hydrogens (tertiary/aromatic N) is 2. The van der Waals surface area contributed by atoms with Crippen molar-refractivity contribution in [1.29, 1.82) is 0 Å². The number of piperazine rings is 1. The number of dihydropyridines is 1. The maximum Gasteiger partial charge on any atom is 0.419 e. The Morgan fingerprint density at radius 1 is 1.39 bits per heavy atom. The second-order valence-electron chi connectivity index (χ2n) is 4.56. The highest BCUT2D eigenvalue weighted by atomic mass is 35.5. The van der Waals surface area contributed by atoms with Crippen molar-refractivity contribution in [3.05, 3.63) is 11.6 Å². The van der Waals surface area contributed by atoms with Crippen molar-refractivity contribution >= 4 is 16.8 Å². The van der Waals surface area contributed by atoms with E-state index in [1.54, 1.807) is 6.92 Å². The first kappa shape index (κ1) is 13.8. The molecule has 2 unspecified atom stereocenters. The van der Waals surface area contributed by atoms with Crippen molar-refractivity contribution < 1.29 is 13.2 Å². The minimum atomic E-state index is -4.43. The van der Waals surface area contributed by atoms with E-state index in [-0.39, 0.29) is 12.1 Å². The third kappa shape index (κ3) is 2.87. The normalized spacial score (nSPS) is 30.9. The summed E-state index contributed by atoms with van der Waals surface area (Å²) in [5.74, 6) is -0.290. The van der Waals surface area contributed by atoms with Crippen molar-refractivity contribution in [2.24, 2.45) is 10.9 Å². The molecule has 2 rings (SSSR count). The van der Waals surface area contributed by atoms with Crippen molar-refractivity contribution in [1.82, 2.24) is 10.2 Å². The number of hydrogen-bond donors (Lipinski definition) is 1. The van der Waals surface area contributed by atoms with E-state index in [2.05, 4.69) is 15.2 Å². The molecule has 7 heteroatoms. The summed E-state index contributed by atoms with van der Waals surface area (Å²) in [6, 6.07) is 0. The largest absolute Gasteiger partial charge is 0.419 e. The molecule has 0 aliphatic carbocycles. The van der Waals surface area contributed by atoms with E-state index in [1.807, 2.05) is 0 Å². The van der Waals surface area contributed by atoms with Gasteiger partial charge in [-0.15, -0.1) is 0 Å². The lowest BCUT2D eigenvalue weighted by Gasteiger charge is -2.37. The Balaban J connectivity index is 2.16. The maximum absolute atomic E-state index is 12.7. The van der Waals surface area contributed by atoms with Crippen LogP contribution in [0.5, 0.6) is 0 Å². The molecule has 0 spiro atoms. The van der Waals surface area contributed by atoms with Crippen LogP contribution in [0.25, 0.3) is 0 Å². The minimum absolute atomic E-state index is 0.286. The first-order chi connectivity index (χ1) is 8.39. The fourth-order valence-electron chi connectivity index (χ4n) is 2.29. The number of allylic oxidation sites excluding steroid dienone is 1. The van der Waals surface area contributed by atoms with Crippen LogP contribution in [0.3, 0.4) is 0 Å². The van der Waals surface area contributed by atoms with Crippen LogP contribution in [0.15, 0.2) is 16.6 Å². The topological polar surface area (TPSA) is 27.6 Å². The van der Waals surface area contributed by atoms with Gasteiger partial charge in [0.15, 0.2) is 0 Å². The second kappa shape index (κ2) is 5.19. The molecule has 2 atom stereocenters. The van der Waals surface area contributed by atoms with Crippen molar-refractivity contribution in [2.45, 2.75) is 19.3 Å². The fraction of sp³-hybridized carbons (Fsp3) is 0.727. The van der Waals surface area contributed by atoms with E-state index in [0.29, 0.717) is 0 Å². The van der Waals surface area contributed by atoms with Crippen molar-refractivity contribution in [3.63, 3.8) is 0 Å². The van der Waals surface area contributed by atoms with E-state index >= 15 is 0 Å². The average molecular weight is 282 g/mol. The van der Waals surface area contributed by atoms with Gasteiger partial charge in [0.1, 0.15) is 11.3 Å². The Hall–Kier alpha value is -0.590. The van der Waals surface area contributed by atoms with Gasteiger partial charge in [-0.25, -0.2) is 0 Å². The number of alkyl halides is 3. The van der Waals surface area contributed by atoms with Gasteiger partial charge in [0, 0.05) is 32.1 Å². The Labute approximate surface area is 109 Å². The van der Waals surface area contributed by atoms with Crippen LogP contribution in [0.1, 0.15) is 6.92 Å². The predicted octanol–water partition coefficient (Wildman–Crippen LogP) is 1.99. The summed E-state index contributed by atoms with van der Waals surface area (Å²) < 4.78 is 38.0. The van der Waals surface area contributed by atoms with E-state index in [1.165, 1.54) is 6.08 Å². The average Bonchev–Trinajstić information content (AvgIpc) is 2.31. The molecule has 18 heavy (non-hydrogen) atoms. The molecule has 0 bridgehead atoms. The zero-order chi connectivity index (χ0) is 13.3. The molecule has 0 amide bonds. The minimum Gasteiger partial charge on any atom is -0.314 e. The standard InChI is InChI=1S/C11H15ClF3N3/c1-7-6-8(11(13,14)15)9(12)17-10(7)18-4-2-16-3-5-18/h6-7,10,16H,2-5H2,1H3. The molecule has 2 heterocycles. The maximum atomic E-state index is 12.7. The van der Waals surface area contributed by atoms with Crippen LogP contribution in [0.2, 0.25) is 0 Å². The van der Waals surface area contributed by atoms with Gasteiger partial charge in [-0.2, -0.15) is 13.2 Å². The molecule has 0 aromatic carbocycles. The third-order valence-corrected chi connectivity index (χ3v) is 3.50. The van der Waals surface area contributed by atoms with Gasteiger partial charge < -0.3 is 5.32 Å². The lowest BCUT2D eigenvalue weighted by atomic mass is 10.00. The summed E-state index contributed by atoms with van der Waals surface area (Å²) in [4.78, 5) is 6.09. The zero-order valence-corrected chi connectivity index (χ0v) is 10.7. The molecule has 2 aliphatic rings. The lowest BCUT2D eigenvalue weighted by molar-refractivity contribution is -0.0868. The van der Waals surface area contributed by atoms with Crippen molar-refractivity contribution in [2.75, 3.05) is 26.2 Å². The first-order valence-electron chi connectivity index (χ1n) is 5.87. The molecule has 1 N–H and O–H groups in total. The van der Waals surface area contributed by atoms with E-state index in [0.717, 1.165) is 26.2 Å². The second-order valence-corrected chi connectivity index (χ2v) is 4.91. The molecule has 1 fully saturated rings. The predicted molar refractivity (Wildman–Crippen MR) is 64.8 cm³/mol. The molecular weight excluding hydrogens is 267 g/mol. The van der Waals surface area contributed by atoms with Gasteiger partial charge in [-0.3, -0.25) is 9.89 Å². The number of nitrogens with one attached hydrogen (secondary N) is 1. The van der Waals surface area contributed by atoms with Gasteiger partial charge >= 0.3 is 6.18 Å². The highest BCUT2D eigenvalue weighted by molar-refractivity contribution is 6.69. The Morgan fingerprint density at radius 2 is 2.00 bits per heavy atom. The summed E-state index contributed by atoms with van der Waals surface area (Å²) in [6.07, 6.45) is -3.53. The van der Waals surface area contributed by atoms with Crippen LogP contribution in [-0.4, -0.2) is 48.6 Å². The van der Waals surface area contributed by atoms with Crippen LogP contribution >= 0.6 is 11.6 Å². The summed E-state index contributed by atoms with van der Waals surface area (Å²) in [5.41, 5.74) is -0.817. The Bertz CT molecular complexity index is 372. The van der Waals surface area contributed by atoms with E-state index in [9.17, 15) is 13.2 Å². The van der Waals surface area contributed by atoms with E-state index < -0.39 is 16.9 Å². The smallest absolute Gasteiger partial charge is 0.314 e. The summed E-state index contributed by atoms with van der Waals surface area (Å²) >= 11 is 5.67. The van der Waals surface area contributed by atoms with Crippen molar-refractivity contribution in [3.8, 4) is 0 Å². The number of hydrogen-bond acceptors (Lipinski definition) is 3. The molecule has 3 nitrogen and oxygen atoms in total. The first-order valence-corrected chi connectivity index (χ1v) is 6.25. The summed E-state index contributed by atoms with van der Waals surface area (Å²) in [6.45, 7) is 4.94. The van der Waals surface area contributed by atoms with Crippen LogP contribution < -0.4 is 5.32 Å². The molecule has 0 aromatic rings. The van der Waals surface area contributed by atoms with Crippen LogP contribution in [-0.2, 0) is 0 Å². The number of halogens is 4. The fourth-order valence-corrected chi connectivity index (χ4v) is 2.56. The monoisotopic (exact) mass is 281 g/mol. The van der Waals surface area contributed by atoms with Crippen LogP contribution in [0.4, 0.5) is 13.2 Å². The molecular formula is C11H15ClF3N3. The van der Waals surface area contributed by atoms with Gasteiger partial charge in [0.2, 0.25) is 0 Å². The van der Waals surface area contributed by atoms with Gasteiger partial charge in [0.05, 0.1) is 5.57 Å². The molecule has 102 valence electrons.